The van der Waals surface area contributed by atoms with Gasteiger partial charge in [-0.05, 0) is 5.56 Å². The molecule has 1 heterocycles. The van der Waals surface area contributed by atoms with Gasteiger partial charge in [0.15, 0.2) is 0 Å². The van der Waals surface area contributed by atoms with E-state index in [9.17, 15) is 9.59 Å². The number of methoxy groups -OCH3 is 1. The smallest absolute Gasteiger partial charge is 0.409 e. The lowest BCUT2D eigenvalue weighted by Gasteiger charge is -2.34. The molecule has 1 aliphatic heterocycles. The third kappa shape index (κ3) is 4.61. The van der Waals surface area contributed by atoms with E-state index in [0.717, 1.165) is 5.56 Å². The first-order valence-corrected chi connectivity index (χ1v) is 6.54. The van der Waals surface area contributed by atoms with E-state index in [1.54, 1.807) is 6.08 Å². The second kappa shape index (κ2) is 7.44. The third-order valence-electron chi connectivity index (χ3n) is 3.01. The Morgan fingerprint density at radius 2 is 2.14 bits per heavy atom. The van der Waals surface area contributed by atoms with Crippen molar-refractivity contribution in [2.24, 2.45) is 5.92 Å². The number of rotatable bonds is 5. The van der Waals surface area contributed by atoms with Crippen molar-refractivity contribution < 1.29 is 23.8 Å². The lowest BCUT2D eigenvalue weighted by molar-refractivity contribution is -0.135. The highest BCUT2D eigenvalue weighted by atomic mass is 16.6. The molecule has 0 saturated carbocycles. The van der Waals surface area contributed by atoms with Crippen LogP contribution in [0.4, 0.5) is 4.79 Å². The van der Waals surface area contributed by atoms with Gasteiger partial charge in [-0.2, -0.15) is 0 Å². The molecule has 2 atom stereocenters. The van der Waals surface area contributed by atoms with E-state index in [-0.39, 0.29) is 12.5 Å². The van der Waals surface area contributed by atoms with Gasteiger partial charge in [-0.15, -0.1) is 0 Å². The third-order valence-corrected chi connectivity index (χ3v) is 3.01. The van der Waals surface area contributed by atoms with Gasteiger partial charge in [-0.1, -0.05) is 36.4 Å². The second-order valence-corrected chi connectivity index (χ2v) is 4.51. The predicted octanol–water partition coefficient (Wildman–Crippen LogP) is 1.61. The summed E-state index contributed by atoms with van der Waals surface area (Å²) in [5.41, 5.74) is 0.907. The standard InChI is InChI=1S/C15H17NO5/c1-19-13(17)8-7-12-10-20-14(12)16-15(18)21-9-11-5-3-2-4-6-11/h2-8,12,14H,9-10H2,1H3,(H,16,18). The van der Waals surface area contributed by atoms with Crippen LogP contribution in [0.1, 0.15) is 5.56 Å². The molecule has 1 aromatic rings. The topological polar surface area (TPSA) is 73.9 Å². The maximum absolute atomic E-state index is 11.6. The maximum atomic E-state index is 11.6. The maximum Gasteiger partial charge on any atom is 0.409 e. The monoisotopic (exact) mass is 291 g/mol. The fourth-order valence-corrected chi connectivity index (χ4v) is 1.76. The van der Waals surface area contributed by atoms with Crippen molar-refractivity contribution in [1.29, 1.82) is 0 Å². The summed E-state index contributed by atoms with van der Waals surface area (Å²) in [6.07, 6.45) is 1.93. The minimum Gasteiger partial charge on any atom is -0.466 e. The van der Waals surface area contributed by atoms with Crippen molar-refractivity contribution in [2.75, 3.05) is 13.7 Å². The number of amides is 1. The molecule has 1 saturated heterocycles. The number of alkyl carbamates (subject to hydrolysis) is 1. The first-order valence-electron chi connectivity index (χ1n) is 6.54. The molecule has 0 radical (unpaired) electrons. The second-order valence-electron chi connectivity index (χ2n) is 4.51. The zero-order chi connectivity index (χ0) is 15.1. The number of nitrogens with one attached hydrogen (secondary N) is 1. The Labute approximate surface area is 122 Å². The molecule has 2 unspecified atom stereocenters. The Kier molecular flexibility index (Phi) is 5.34. The molecule has 6 heteroatoms. The highest BCUT2D eigenvalue weighted by Gasteiger charge is 2.32. The van der Waals surface area contributed by atoms with Crippen molar-refractivity contribution in [3.05, 3.63) is 48.0 Å². The van der Waals surface area contributed by atoms with E-state index in [1.807, 2.05) is 30.3 Å². The quantitative estimate of drug-likeness (QED) is 0.659. The van der Waals surface area contributed by atoms with Gasteiger partial charge in [-0.25, -0.2) is 9.59 Å². The summed E-state index contributed by atoms with van der Waals surface area (Å²) in [4.78, 5) is 22.6. The molecule has 112 valence electrons. The molecule has 0 bridgehead atoms. The predicted molar refractivity (Wildman–Crippen MR) is 74.1 cm³/mol. The van der Waals surface area contributed by atoms with Gasteiger partial charge < -0.3 is 14.2 Å². The van der Waals surface area contributed by atoms with Gasteiger partial charge >= 0.3 is 12.1 Å². The molecule has 21 heavy (non-hydrogen) atoms. The van der Waals surface area contributed by atoms with E-state index in [2.05, 4.69) is 10.1 Å². The van der Waals surface area contributed by atoms with Gasteiger partial charge in [-0.3, -0.25) is 5.32 Å². The molecule has 1 amide bonds. The summed E-state index contributed by atoms with van der Waals surface area (Å²) in [6, 6.07) is 9.38. The largest absolute Gasteiger partial charge is 0.466 e. The number of carbonyl (C=O) groups excluding carboxylic acids is 2. The molecule has 1 fully saturated rings. The average Bonchev–Trinajstić information content (AvgIpc) is 2.50. The van der Waals surface area contributed by atoms with Crippen LogP contribution in [-0.2, 0) is 25.6 Å². The van der Waals surface area contributed by atoms with Crippen LogP contribution in [0.3, 0.4) is 0 Å². The van der Waals surface area contributed by atoms with Gasteiger partial charge in [0.05, 0.1) is 13.7 Å². The lowest BCUT2D eigenvalue weighted by Crippen LogP contribution is -2.51. The zero-order valence-corrected chi connectivity index (χ0v) is 11.7. The number of hydrogen-bond donors (Lipinski definition) is 1. The van der Waals surface area contributed by atoms with Crippen molar-refractivity contribution in [2.45, 2.75) is 12.8 Å². The Hall–Kier alpha value is -2.34. The molecule has 0 spiro atoms. The van der Waals surface area contributed by atoms with Gasteiger partial charge in [0.25, 0.3) is 0 Å². The normalized spacial score (nSPS) is 20.6. The highest BCUT2D eigenvalue weighted by molar-refractivity contribution is 5.81. The SMILES string of the molecule is COC(=O)C=CC1COC1NC(=O)OCc1ccccc1. The average molecular weight is 291 g/mol. The summed E-state index contributed by atoms with van der Waals surface area (Å²) in [6.45, 7) is 0.638. The van der Waals surface area contributed by atoms with Crippen LogP contribution < -0.4 is 5.32 Å². The van der Waals surface area contributed by atoms with Crippen molar-refractivity contribution in [1.82, 2.24) is 5.32 Å². The Bertz CT molecular complexity index is 514. The summed E-state index contributed by atoms with van der Waals surface area (Å²) < 4.78 is 14.8. The van der Waals surface area contributed by atoms with Crippen LogP contribution >= 0.6 is 0 Å². The van der Waals surface area contributed by atoms with Crippen molar-refractivity contribution in [3.63, 3.8) is 0 Å². The summed E-state index contributed by atoms with van der Waals surface area (Å²) in [5.74, 6) is -0.499. The number of carbonyl (C=O) groups is 2. The van der Waals surface area contributed by atoms with Crippen LogP contribution in [-0.4, -0.2) is 32.0 Å². The van der Waals surface area contributed by atoms with Gasteiger partial charge in [0.1, 0.15) is 12.8 Å². The summed E-state index contributed by atoms with van der Waals surface area (Å²) in [7, 11) is 1.31. The zero-order valence-electron chi connectivity index (χ0n) is 11.7. The van der Waals surface area contributed by atoms with Crippen molar-refractivity contribution in [3.8, 4) is 0 Å². The highest BCUT2D eigenvalue weighted by Crippen LogP contribution is 2.19. The van der Waals surface area contributed by atoms with Gasteiger partial charge in [0.2, 0.25) is 0 Å². The molecular formula is C15H17NO5. The van der Waals surface area contributed by atoms with E-state index in [4.69, 9.17) is 9.47 Å². The van der Waals surface area contributed by atoms with Crippen LogP contribution in [0.2, 0.25) is 0 Å². The van der Waals surface area contributed by atoms with E-state index in [1.165, 1.54) is 13.2 Å². The number of esters is 1. The Balaban J connectivity index is 1.73. The fourth-order valence-electron chi connectivity index (χ4n) is 1.76. The first-order chi connectivity index (χ1) is 10.2. The molecule has 1 aromatic carbocycles. The van der Waals surface area contributed by atoms with Gasteiger partial charge in [0, 0.05) is 12.0 Å². The van der Waals surface area contributed by atoms with Crippen LogP contribution in [0.15, 0.2) is 42.5 Å². The summed E-state index contributed by atoms with van der Waals surface area (Å²) >= 11 is 0. The molecular weight excluding hydrogens is 274 g/mol. The molecule has 2 rings (SSSR count). The van der Waals surface area contributed by atoms with E-state index >= 15 is 0 Å². The Morgan fingerprint density at radius 3 is 2.76 bits per heavy atom. The lowest BCUT2D eigenvalue weighted by atomic mass is 10.0. The van der Waals surface area contributed by atoms with E-state index < -0.39 is 18.3 Å². The molecule has 0 aromatic heterocycles. The minimum atomic E-state index is -0.556. The van der Waals surface area contributed by atoms with Crippen LogP contribution in [0.5, 0.6) is 0 Å². The molecule has 1 N–H and O–H groups in total. The van der Waals surface area contributed by atoms with Crippen LogP contribution in [0, 0.1) is 5.92 Å². The van der Waals surface area contributed by atoms with Crippen LogP contribution in [0.25, 0.3) is 0 Å². The molecule has 1 aliphatic rings. The molecule has 6 nitrogen and oxygen atoms in total. The van der Waals surface area contributed by atoms with Crippen molar-refractivity contribution >= 4 is 12.1 Å². The fraction of sp³-hybridized carbons (Fsp3) is 0.333. The summed E-state index contributed by atoms with van der Waals surface area (Å²) in [5, 5.41) is 2.59. The van der Waals surface area contributed by atoms with E-state index in [0.29, 0.717) is 6.61 Å². The molecule has 0 aliphatic carbocycles. The number of ether oxygens (including phenoxy) is 3. The number of benzene rings is 1. The number of hydrogen-bond acceptors (Lipinski definition) is 5. The minimum absolute atomic E-state index is 0.0617. The Morgan fingerprint density at radius 1 is 1.38 bits per heavy atom. The first kappa shape index (κ1) is 15.1.